The van der Waals surface area contributed by atoms with Crippen LogP contribution in [0.2, 0.25) is 0 Å². The van der Waals surface area contributed by atoms with E-state index >= 15 is 0 Å². The molecule has 4 heteroatoms. The molecule has 0 unspecified atom stereocenters. The smallest absolute Gasteiger partial charge is 0.119 e. The van der Waals surface area contributed by atoms with Gasteiger partial charge in [-0.15, -0.1) is 0 Å². The summed E-state index contributed by atoms with van der Waals surface area (Å²) in [6.07, 6.45) is 9.03. The number of hydrogen-bond donors (Lipinski definition) is 0. The van der Waals surface area contributed by atoms with Gasteiger partial charge < -0.3 is 18.9 Å². The van der Waals surface area contributed by atoms with Crippen LogP contribution >= 0.6 is 0 Å². The van der Waals surface area contributed by atoms with Crippen LogP contribution in [0, 0.1) is 0 Å². The molecule has 0 heterocycles. The largest absolute Gasteiger partial charge is 0.491 e. The Hall–Kier alpha value is -6.00. The van der Waals surface area contributed by atoms with E-state index in [1.165, 1.54) is 0 Å². The number of hydrogen-bond acceptors (Lipinski definition) is 4. The van der Waals surface area contributed by atoms with E-state index in [9.17, 15) is 0 Å². The quantitative estimate of drug-likeness (QED) is 0.0765. The first-order chi connectivity index (χ1) is 29.2. The molecule has 310 valence electrons. The zero-order valence-corrected chi connectivity index (χ0v) is 36.8. The Kier molecular flexibility index (Phi) is 15.5. The molecule has 0 N–H and O–H groups in total. The van der Waals surface area contributed by atoms with E-state index in [2.05, 4.69) is 213 Å². The molecule has 0 aliphatic rings. The third-order valence-corrected chi connectivity index (χ3v) is 11.1. The highest BCUT2D eigenvalue weighted by molar-refractivity contribution is 5.98. The van der Waals surface area contributed by atoms with Crippen LogP contribution in [-0.4, -0.2) is 24.4 Å². The molecular formula is C56H62O4. The third kappa shape index (κ3) is 11.6. The normalized spacial score (nSPS) is 13.0. The lowest BCUT2D eigenvalue weighted by molar-refractivity contribution is 0.217. The first-order valence-electron chi connectivity index (χ1n) is 21.9. The second-order valence-corrected chi connectivity index (χ2v) is 15.7. The summed E-state index contributed by atoms with van der Waals surface area (Å²) in [6.45, 7) is 17.0. The molecule has 0 amide bonds. The molecule has 0 fully saturated rings. The van der Waals surface area contributed by atoms with E-state index in [4.69, 9.17) is 18.9 Å². The molecule has 6 aromatic carbocycles. The summed E-state index contributed by atoms with van der Waals surface area (Å²) in [5, 5.41) is 0. The SMILES string of the molecule is CC[C@@H](C)Oc1ccc(C(=Cc2ccccc2-c2ccccc2C=C(c2ccc(O[C@H](C)CC)cc2)c2ccc(O[C@H](C)CC)cc2)c2ccc(O[C@H](C)CC)cc2)cc1. The van der Waals surface area contributed by atoms with Gasteiger partial charge in [-0.1, -0.05) is 125 Å². The monoisotopic (exact) mass is 798 g/mol. The van der Waals surface area contributed by atoms with E-state index in [-0.39, 0.29) is 24.4 Å². The van der Waals surface area contributed by atoms with Crippen LogP contribution in [-0.2, 0) is 0 Å². The van der Waals surface area contributed by atoms with Gasteiger partial charge in [-0.3, -0.25) is 0 Å². The molecule has 0 aromatic heterocycles. The van der Waals surface area contributed by atoms with Crippen LogP contribution < -0.4 is 18.9 Å². The molecule has 6 aromatic rings. The Bertz CT molecular complexity index is 2020. The predicted octanol–water partition coefficient (Wildman–Crippen LogP) is 15.2. The van der Waals surface area contributed by atoms with Crippen molar-refractivity contribution in [3.05, 3.63) is 179 Å². The number of benzene rings is 6. The van der Waals surface area contributed by atoms with Crippen LogP contribution in [0.25, 0.3) is 34.4 Å². The fourth-order valence-electron chi connectivity index (χ4n) is 6.83. The lowest BCUT2D eigenvalue weighted by atomic mass is 9.89. The second kappa shape index (κ2) is 21.3. The summed E-state index contributed by atoms with van der Waals surface area (Å²) in [4.78, 5) is 0. The summed E-state index contributed by atoms with van der Waals surface area (Å²) in [5.41, 5.74) is 11.2. The number of rotatable bonds is 19. The molecule has 0 bridgehead atoms. The van der Waals surface area contributed by atoms with Gasteiger partial charge in [0.25, 0.3) is 0 Å². The molecule has 0 saturated carbocycles. The summed E-state index contributed by atoms with van der Waals surface area (Å²) in [6, 6.07) is 51.3. The Balaban J connectivity index is 1.46. The van der Waals surface area contributed by atoms with Gasteiger partial charge in [0.2, 0.25) is 0 Å². The van der Waals surface area contributed by atoms with Gasteiger partial charge in [0.15, 0.2) is 0 Å². The van der Waals surface area contributed by atoms with Crippen LogP contribution in [0.1, 0.15) is 114 Å². The second-order valence-electron chi connectivity index (χ2n) is 15.7. The van der Waals surface area contributed by atoms with Crippen molar-refractivity contribution in [1.82, 2.24) is 0 Å². The van der Waals surface area contributed by atoms with Gasteiger partial charge in [-0.25, -0.2) is 0 Å². The van der Waals surface area contributed by atoms with Crippen molar-refractivity contribution < 1.29 is 18.9 Å². The molecule has 4 nitrogen and oxygen atoms in total. The van der Waals surface area contributed by atoms with Crippen molar-refractivity contribution in [1.29, 1.82) is 0 Å². The maximum absolute atomic E-state index is 6.17. The van der Waals surface area contributed by atoms with Gasteiger partial charge in [0, 0.05) is 0 Å². The molecule has 0 aliphatic heterocycles. The molecular weight excluding hydrogens is 737 g/mol. The van der Waals surface area contributed by atoms with Crippen LogP contribution in [0.5, 0.6) is 23.0 Å². The summed E-state index contributed by atoms with van der Waals surface area (Å²) >= 11 is 0. The molecule has 60 heavy (non-hydrogen) atoms. The van der Waals surface area contributed by atoms with E-state index in [0.717, 1.165) is 104 Å². The molecule has 0 radical (unpaired) electrons. The van der Waals surface area contributed by atoms with Crippen LogP contribution in [0.3, 0.4) is 0 Å². The summed E-state index contributed by atoms with van der Waals surface area (Å²) in [7, 11) is 0. The maximum Gasteiger partial charge on any atom is 0.119 e. The van der Waals surface area contributed by atoms with Crippen LogP contribution in [0.15, 0.2) is 146 Å². The molecule has 6 rings (SSSR count). The zero-order valence-electron chi connectivity index (χ0n) is 36.8. The first-order valence-corrected chi connectivity index (χ1v) is 21.9. The van der Waals surface area contributed by atoms with E-state index in [1.807, 2.05) is 0 Å². The molecule has 4 atom stereocenters. The lowest BCUT2D eigenvalue weighted by Crippen LogP contribution is -2.09. The Labute approximate surface area is 359 Å². The van der Waals surface area contributed by atoms with Crippen molar-refractivity contribution >= 4 is 23.3 Å². The van der Waals surface area contributed by atoms with Gasteiger partial charge in [-0.2, -0.15) is 0 Å². The lowest BCUT2D eigenvalue weighted by Gasteiger charge is -2.17. The van der Waals surface area contributed by atoms with Gasteiger partial charge in [-0.05, 0) is 170 Å². The average Bonchev–Trinajstić information content (AvgIpc) is 3.28. The first kappa shape index (κ1) is 43.6. The topological polar surface area (TPSA) is 36.9 Å². The van der Waals surface area contributed by atoms with Gasteiger partial charge in [0.05, 0.1) is 24.4 Å². The van der Waals surface area contributed by atoms with Crippen molar-refractivity contribution in [2.75, 3.05) is 0 Å². The van der Waals surface area contributed by atoms with Gasteiger partial charge in [0.1, 0.15) is 23.0 Å². The summed E-state index contributed by atoms with van der Waals surface area (Å²) in [5.74, 6) is 3.49. The highest BCUT2D eigenvalue weighted by Gasteiger charge is 2.15. The van der Waals surface area contributed by atoms with Crippen molar-refractivity contribution in [3.63, 3.8) is 0 Å². The molecule has 0 saturated heterocycles. The highest BCUT2D eigenvalue weighted by Crippen LogP contribution is 2.37. The average molecular weight is 799 g/mol. The zero-order chi connectivity index (χ0) is 42.4. The standard InChI is InChI=1S/C56H62O4/c1-9-39(5)57-49-29-21-43(22-30-49)55(44-23-31-50(32-24-44)58-40(6)10-2)37-47-17-13-15-19-53(47)54-20-16-14-18-48(54)38-56(45-25-33-51(34-26-45)59-41(7)11-3)46-27-35-52(36-28-46)60-42(8)12-4/h13-42H,9-12H2,1-8H3/t39-,40-,41-,42-/m1/s1. The van der Waals surface area contributed by atoms with E-state index < -0.39 is 0 Å². The Morgan fingerprint density at radius 2 is 0.583 bits per heavy atom. The minimum atomic E-state index is 0.149. The third-order valence-electron chi connectivity index (χ3n) is 11.1. The predicted molar refractivity (Wildman–Crippen MR) is 253 cm³/mol. The Morgan fingerprint density at radius 1 is 0.350 bits per heavy atom. The number of ether oxygens (including phenoxy) is 4. The highest BCUT2D eigenvalue weighted by atomic mass is 16.5. The minimum absolute atomic E-state index is 0.149. The molecule has 0 spiro atoms. The van der Waals surface area contributed by atoms with Crippen molar-refractivity contribution in [3.8, 4) is 34.1 Å². The fraction of sp³-hybridized carbons (Fsp3) is 0.286. The molecule has 0 aliphatic carbocycles. The van der Waals surface area contributed by atoms with Crippen LogP contribution in [0.4, 0.5) is 0 Å². The minimum Gasteiger partial charge on any atom is -0.491 e. The summed E-state index contributed by atoms with van der Waals surface area (Å²) < 4.78 is 24.7. The van der Waals surface area contributed by atoms with E-state index in [0.29, 0.717) is 0 Å². The van der Waals surface area contributed by atoms with Crippen molar-refractivity contribution in [2.45, 2.75) is 105 Å². The maximum atomic E-state index is 6.17. The Morgan fingerprint density at radius 3 is 0.817 bits per heavy atom. The fourth-order valence-corrected chi connectivity index (χ4v) is 6.83. The van der Waals surface area contributed by atoms with E-state index in [1.54, 1.807) is 0 Å². The van der Waals surface area contributed by atoms with Crippen molar-refractivity contribution in [2.24, 2.45) is 0 Å². The van der Waals surface area contributed by atoms with Gasteiger partial charge >= 0.3 is 0 Å².